The van der Waals surface area contributed by atoms with Gasteiger partial charge in [0.05, 0.1) is 29.4 Å². The zero-order valence-electron chi connectivity index (χ0n) is 14.3. The van der Waals surface area contributed by atoms with Crippen LogP contribution in [-0.4, -0.2) is 23.0 Å². The quantitative estimate of drug-likeness (QED) is 0.588. The number of ether oxygens (including phenoxy) is 1. The Labute approximate surface area is 148 Å². The molecule has 0 spiro atoms. The number of nitrogens with two attached hydrogens (primary N) is 1. The molecule has 5 nitrogen and oxygen atoms in total. The van der Waals surface area contributed by atoms with Crippen molar-refractivity contribution in [1.82, 2.24) is 9.97 Å². The van der Waals surface area contributed by atoms with Crippen LogP contribution in [0.15, 0.2) is 42.5 Å². The molecule has 0 bridgehead atoms. The van der Waals surface area contributed by atoms with Crippen LogP contribution in [0.5, 0.6) is 5.75 Å². The first-order valence-corrected chi connectivity index (χ1v) is 8.04. The summed E-state index contributed by atoms with van der Waals surface area (Å²) in [6.07, 6.45) is 0. The van der Waals surface area contributed by atoms with Gasteiger partial charge in [-0.15, -0.1) is 0 Å². The number of nitrogens with one attached hydrogen (secondary N) is 1. The molecular formula is C20H16FN3O2. The Morgan fingerprint density at radius 3 is 2.69 bits per heavy atom. The van der Waals surface area contributed by atoms with Crippen molar-refractivity contribution in [1.29, 1.82) is 0 Å². The summed E-state index contributed by atoms with van der Waals surface area (Å²) < 4.78 is 19.0. The topological polar surface area (TPSA) is 81.0 Å². The number of benzene rings is 2. The van der Waals surface area contributed by atoms with Gasteiger partial charge in [0.25, 0.3) is 5.91 Å². The minimum atomic E-state index is -0.573. The molecule has 130 valence electrons. The lowest BCUT2D eigenvalue weighted by atomic mass is 10.1. The number of carbonyl (C=O) groups is 1. The largest absolute Gasteiger partial charge is 0.494 e. The molecule has 0 unspecified atom stereocenters. The van der Waals surface area contributed by atoms with Gasteiger partial charge in [-0.3, -0.25) is 4.79 Å². The second-order valence-corrected chi connectivity index (χ2v) is 6.17. The number of aryl methyl sites for hydroxylation is 1. The van der Waals surface area contributed by atoms with Crippen molar-refractivity contribution in [3.63, 3.8) is 0 Å². The summed E-state index contributed by atoms with van der Waals surface area (Å²) in [6, 6.07) is 12.0. The minimum absolute atomic E-state index is 0.146. The van der Waals surface area contributed by atoms with E-state index in [1.54, 1.807) is 12.1 Å². The summed E-state index contributed by atoms with van der Waals surface area (Å²) in [5, 5.41) is 0.879. The predicted molar refractivity (Wildman–Crippen MR) is 98.8 cm³/mol. The van der Waals surface area contributed by atoms with Gasteiger partial charge in [0, 0.05) is 16.5 Å². The van der Waals surface area contributed by atoms with Crippen LogP contribution < -0.4 is 10.5 Å². The van der Waals surface area contributed by atoms with Gasteiger partial charge in [0.15, 0.2) is 11.6 Å². The van der Waals surface area contributed by atoms with E-state index in [-0.39, 0.29) is 5.75 Å². The first kappa shape index (κ1) is 16.1. The molecule has 2 aromatic carbocycles. The third kappa shape index (κ3) is 2.47. The number of primary amides is 1. The molecule has 0 atom stereocenters. The average Bonchev–Trinajstić information content (AvgIpc) is 2.97. The van der Waals surface area contributed by atoms with E-state index >= 15 is 0 Å². The molecule has 0 saturated heterocycles. The van der Waals surface area contributed by atoms with E-state index in [1.807, 2.05) is 25.1 Å². The van der Waals surface area contributed by atoms with E-state index in [0.29, 0.717) is 27.9 Å². The molecule has 0 radical (unpaired) electrons. The molecular weight excluding hydrogens is 333 g/mol. The third-order valence-corrected chi connectivity index (χ3v) is 4.42. The van der Waals surface area contributed by atoms with Crippen molar-refractivity contribution < 1.29 is 13.9 Å². The van der Waals surface area contributed by atoms with E-state index in [9.17, 15) is 9.18 Å². The van der Waals surface area contributed by atoms with E-state index in [1.165, 1.54) is 19.2 Å². The number of hydrogen-bond acceptors (Lipinski definition) is 3. The highest BCUT2D eigenvalue weighted by Gasteiger charge is 2.17. The Hall–Kier alpha value is -3.41. The maximum atomic E-state index is 14.1. The Bertz CT molecular complexity index is 1180. The van der Waals surface area contributed by atoms with Gasteiger partial charge >= 0.3 is 0 Å². The van der Waals surface area contributed by atoms with Crippen LogP contribution in [0.1, 0.15) is 15.9 Å². The number of H-pyrrole nitrogens is 1. The minimum Gasteiger partial charge on any atom is -0.494 e. The highest BCUT2D eigenvalue weighted by Crippen LogP contribution is 2.31. The second kappa shape index (κ2) is 5.84. The monoisotopic (exact) mass is 349 g/mol. The van der Waals surface area contributed by atoms with Crippen LogP contribution in [0.4, 0.5) is 4.39 Å². The lowest BCUT2D eigenvalue weighted by Gasteiger charge is -2.07. The predicted octanol–water partition coefficient (Wildman–Crippen LogP) is 3.94. The summed E-state index contributed by atoms with van der Waals surface area (Å²) in [7, 11) is 1.40. The van der Waals surface area contributed by atoms with Gasteiger partial charge in [-0.05, 0) is 42.8 Å². The highest BCUT2D eigenvalue weighted by molar-refractivity contribution is 6.13. The van der Waals surface area contributed by atoms with Crippen LogP contribution in [0, 0.1) is 12.7 Å². The number of fused-ring (bicyclic) bond motifs is 3. The zero-order valence-corrected chi connectivity index (χ0v) is 14.3. The van der Waals surface area contributed by atoms with Gasteiger partial charge in [-0.2, -0.15) is 0 Å². The first-order chi connectivity index (χ1) is 12.5. The van der Waals surface area contributed by atoms with Crippen LogP contribution in [0.25, 0.3) is 33.2 Å². The van der Waals surface area contributed by atoms with Gasteiger partial charge in [-0.25, -0.2) is 9.37 Å². The summed E-state index contributed by atoms with van der Waals surface area (Å²) in [5.41, 5.74) is 10.1. The number of aromatic amines is 1. The number of halogens is 1. The van der Waals surface area contributed by atoms with Gasteiger partial charge in [0.1, 0.15) is 0 Å². The number of amides is 1. The van der Waals surface area contributed by atoms with Crippen molar-refractivity contribution in [2.75, 3.05) is 7.11 Å². The molecule has 1 amide bonds. The molecule has 4 rings (SSSR count). The standard InChI is InChI=1S/C20H16FN3O2/c1-10-3-5-12-16(7-10)24-19-13(20(22)25)9-15(23-18(12)19)11-4-6-17(26-2)14(21)8-11/h3-9,24H,1-2H3,(H2,22,25). The summed E-state index contributed by atoms with van der Waals surface area (Å²) in [6.45, 7) is 1.99. The van der Waals surface area contributed by atoms with Crippen molar-refractivity contribution in [3.05, 3.63) is 59.4 Å². The Morgan fingerprint density at radius 1 is 1.19 bits per heavy atom. The molecule has 4 aromatic rings. The van der Waals surface area contributed by atoms with E-state index in [4.69, 9.17) is 10.5 Å². The normalized spacial score (nSPS) is 11.2. The lowest BCUT2D eigenvalue weighted by molar-refractivity contribution is 0.100. The number of methoxy groups -OCH3 is 1. The van der Waals surface area contributed by atoms with Crippen LogP contribution in [0.2, 0.25) is 0 Å². The molecule has 3 N–H and O–H groups in total. The van der Waals surface area contributed by atoms with Crippen molar-refractivity contribution in [2.45, 2.75) is 6.92 Å². The van der Waals surface area contributed by atoms with Gasteiger partial charge < -0.3 is 15.5 Å². The maximum absolute atomic E-state index is 14.1. The van der Waals surface area contributed by atoms with Gasteiger partial charge in [0.2, 0.25) is 0 Å². The van der Waals surface area contributed by atoms with E-state index < -0.39 is 11.7 Å². The van der Waals surface area contributed by atoms with Gasteiger partial charge in [-0.1, -0.05) is 12.1 Å². The summed E-state index contributed by atoms with van der Waals surface area (Å²) >= 11 is 0. The Balaban J connectivity index is 2.03. The highest BCUT2D eigenvalue weighted by atomic mass is 19.1. The van der Waals surface area contributed by atoms with Crippen LogP contribution >= 0.6 is 0 Å². The Morgan fingerprint density at radius 2 is 2.00 bits per heavy atom. The van der Waals surface area contributed by atoms with Crippen LogP contribution in [0.3, 0.4) is 0 Å². The number of pyridine rings is 1. The molecule has 26 heavy (non-hydrogen) atoms. The average molecular weight is 349 g/mol. The number of nitrogens with zero attached hydrogens (tertiary/aromatic N) is 1. The first-order valence-electron chi connectivity index (χ1n) is 8.04. The molecule has 0 aliphatic rings. The van der Waals surface area contributed by atoms with E-state index in [2.05, 4.69) is 9.97 Å². The zero-order chi connectivity index (χ0) is 18.4. The number of aromatic nitrogens is 2. The summed E-state index contributed by atoms with van der Waals surface area (Å²) in [4.78, 5) is 19.9. The number of hydrogen-bond donors (Lipinski definition) is 2. The SMILES string of the molecule is COc1ccc(-c2cc(C(N)=O)c3[nH]c4cc(C)ccc4c3n2)cc1F. The molecule has 0 saturated carbocycles. The summed E-state index contributed by atoms with van der Waals surface area (Å²) in [5.74, 6) is -0.925. The maximum Gasteiger partial charge on any atom is 0.250 e. The third-order valence-electron chi connectivity index (χ3n) is 4.42. The number of carbonyl (C=O) groups excluding carboxylic acids is 1. The van der Waals surface area contributed by atoms with Crippen LogP contribution in [-0.2, 0) is 0 Å². The molecule has 0 aliphatic heterocycles. The Kier molecular flexibility index (Phi) is 3.61. The fourth-order valence-electron chi connectivity index (χ4n) is 3.14. The van der Waals surface area contributed by atoms with Crippen molar-refractivity contribution >= 4 is 27.8 Å². The molecule has 0 fully saturated rings. The lowest BCUT2D eigenvalue weighted by Crippen LogP contribution is -2.12. The molecule has 2 heterocycles. The number of rotatable bonds is 3. The fourth-order valence-corrected chi connectivity index (χ4v) is 3.14. The van der Waals surface area contributed by atoms with Crippen molar-refractivity contribution in [3.8, 4) is 17.0 Å². The molecule has 0 aliphatic carbocycles. The molecule has 6 heteroatoms. The van der Waals surface area contributed by atoms with E-state index in [0.717, 1.165) is 16.5 Å². The second-order valence-electron chi connectivity index (χ2n) is 6.17. The molecule has 2 aromatic heterocycles. The van der Waals surface area contributed by atoms with Crippen molar-refractivity contribution in [2.24, 2.45) is 5.73 Å². The smallest absolute Gasteiger partial charge is 0.250 e. The fraction of sp³-hybridized carbons (Fsp3) is 0.100.